The van der Waals surface area contributed by atoms with E-state index in [-0.39, 0.29) is 4.90 Å². The molecule has 0 aliphatic heterocycles. The van der Waals surface area contributed by atoms with Crippen LogP contribution < -0.4 is 10.6 Å². The van der Waals surface area contributed by atoms with Gasteiger partial charge in [0.2, 0.25) is 0 Å². The number of hydrogen-bond donors (Lipinski definition) is 1. The zero-order valence-corrected chi connectivity index (χ0v) is 13.2. The molecule has 0 spiro atoms. The van der Waals surface area contributed by atoms with Crippen LogP contribution in [0.4, 0.5) is 11.4 Å². The number of rotatable bonds is 5. The first-order valence-corrected chi connectivity index (χ1v) is 8.34. The van der Waals surface area contributed by atoms with Gasteiger partial charge in [0, 0.05) is 19.3 Å². The van der Waals surface area contributed by atoms with Crippen molar-refractivity contribution in [2.45, 2.75) is 38.1 Å². The highest BCUT2D eigenvalue weighted by molar-refractivity contribution is 7.90. The van der Waals surface area contributed by atoms with Gasteiger partial charge in [-0.25, -0.2) is 8.42 Å². The van der Waals surface area contributed by atoms with Gasteiger partial charge in [0.15, 0.2) is 9.84 Å². The first-order chi connectivity index (χ1) is 8.62. The molecule has 5 heteroatoms. The van der Waals surface area contributed by atoms with E-state index in [1.807, 2.05) is 7.05 Å². The van der Waals surface area contributed by atoms with Crippen molar-refractivity contribution in [2.24, 2.45) is 5.92 Å². The van der Waals surface area contributed by atoms with Gasteiger partial charge >= 0.3 is 0 Å². The van der Waals surface area contributed by atoms with Gasteiger partial charge in [-0.3, -0.25) is 0 Å². The lowest BCUT2D eigenvalue weighted by Crippen LogP contribution is -2.30. The molecule has 4 nitrogen and oxygen atoms in total. The van der Waals surface area contributed by atoms with Gasteiger partial charge in [0.25, 0.3) is 0 Å². The van der Waals surface area contributed by atoms with Crippen LogP contribution >= 0.6 is 0 Å². The minimum atomic E-state index is -3.21. The van der Waals surface area contributed by atoms with Crippen LogP contribution in [-0.2, 0) is 9.84 Å². The standard InChI is InChI=1S/C14H24N2O2S/c1-10(2)8-11(3)16(4)14-7-6-12(9-13(14)15)19(5,17)18/h6-7,9-11H,8,15H2,1-5H3. The first kappa shape index (κ1) is 15.8. The van der Waals surface area contributed by atoms with Crippen molar-refractivity contribution in [1.82, 2.24) is 0 Å². The summed E-state index contributed by atoms with van der Waals surface area (Å²) in [5.74, 6) is 0.606. The molecule has 0 radical (unpaired) electrons. The maximum absolute atomic E-state index is 11.5. The fraction of sp³-hybridized carbons (Fsp3) is 0.571. The van der Waals surface area contributed by atoms with E-state index in [4.69, 9.17) is 5.73 Å². The van der Waals surface area contributed by atoms with Crippen molar-refractivity contribution in [1.29, 1.82) is 0 Å². The predicted molar refractivity (Wildman–Crippen MR) is 81.3 cm³/mol. The third-order valence-corrected chi connectivity index (χ3v) is 4.39. The molecule has 19 heavy (non-hydrogen) atoms. The highest BCUT2D eigenvalue weighted by Crippen LogP contribution is 2.28. The summed E-state index contributed by atoms with van der Waals surface area (Å²) in [6, 6.07) is 5.28. The first-order valence-electron chi connectivity index (χ1n) is 6.45. The van der Waals surface area contributed by atoms with Gasteiger partial charge in [-0.2, -0.15) is 0 Å². The van der Waals surface area contributed by atoms with E-state index < -0.39 is 9.84 Å². The topological polar surface area (TPSA) is 63.4 Å². The number of sulfone groups is 1. The maximum atomic E-state index is 11.5. The Bertz CT molecular complexity index is 538. The predicted octanol–water partition coefficient (Wildman–Crippen LogP) is 2.54. The summed E-state index contributed by atoms with van der Waals surface area (Å²) in [6.07, 6.45) is 2.25. The molecule has 0 heterocycles. The lowest BCUT2D eigenvalue weighted by Gasteiger charge is -2.29. The van der Waals surface area contributed by atoms with Crippen molar-refractivity contribution in [3.8, 4) is 0 Å². The second-order valence-electron chi connectivity index (χ2n) is 5.58. The van der Waals surface area contributed by atoms with E-state index in [1.54, 1.807) is 12.1 Å². The third kappa shape index (κ3) is 4.13. The number of benzene rings is 1. The average Bonchev–Trinajstić information content (AvgIpc) is 2.25. The van der Waals surface area contributed by atoms with Crippen LogP contribution in [0, 0.1) is 5.92 Å². The summed E-state index contributed by atoms with van der Waals surface area (Å²) in [7, 11) is -1.22. The quantitative estimate of drug-likeness (QED) is 0.844. The Morgan fingerprint density at radius 3 is 2.26 bits per heavy atom. The lowest BCUT2D eigenvalue weighted by molar-refractivity contribution is 0.504. The minimum Gasteiger partial charge on any atom is -0.397 e. The SMILES string of the molecule is CC(C)CC(C)N(C)c1ccc(S(C)(=O)=O)cc1N. The molecule has 1 aromatic rings. The van der Waals surface area contributed by atoms with Gasteiger partial charge in [-0.15, -0.1) is 0 Å². The molecule has 0 aliphatic carbocycles. The van der Waals surface area contributed by atoms with Crippen LogP contribution in [0.2, 0.25) is 0 Å². The second kappa shape index (κ2) is 5.82. The molecule has 1 atom stereocenters. The molecular weight excluding hydrogens is 260 g/mol. The molecule has 0 aromatic heterocycles. The van der Waals surface area contributed by atoms with Crippen molar-refractivity contribution < 1.29 is 8.42 Å². The Balaban J connectivity index is 3.03. The molecular formula is C14H24N2O2S. The highest BCUT2D eigenvalue weighted by Gasteiger charge is 2.16. The van der Waals surface area contributed by atoms with Crippen LogP contribution in [0.5, 0.6) is 0 Å². The van der Waals surface area contributed by atoms with E-state index in [1.165, 1.54) is 12.3 Å². The minimum absolute atomic E-state index is 0.263. The van der Waals surface area contributed by atoms with Crippen LogP contribution in [0.15, 0.2) is 23.1 Å². The molecule has 1 unspecified atom stereocenters. The molecule has 108 valence electrons. The molecule has 0 amide bonds. The van der Waals surface area contributed by atoms with Crippen LogP contribution in [0.3, 0.4) is 0 Å². The smallest absolute Gasteiger partial charge is 0.175 e. The van der Waals surface area contributed by atoms with E-state index in [0.717, 1.165) is 12.1 Å². The van der Waals surface area contributed by atoms with Gasteiger partial charge < -0.3 is 10.6 Å². The Hall–Kier alpha value is -1.23. The van der Waals surface area contributed by atoms with E-state index in [9.17, 15) is 8.42 Å². The molecule has 2 N–H and O–H groups in total. The monoisotopic (exact) mass is 284 g/mol. The zero-order chi connectivity index (χ0) is 14.8. The van der Waals surface area contributed by atoms with E-state index >= 15 is 0 Å². The van der Waals surface area contributed by atoms with Crippen molar-refractivity contribution in [3.63, 3.8) is 0 Å². The normalized spacial score (nSPS) is 13.6. The summed E-state index contributed by atoms with van der Waals surface area (Å²) in [4.78, 5) is 2.36. The van der Waals surface area contributed by atoms with Gasteiger partial charge in [0.1, 0.15) is 0 Å². The van der Waals surface area contributed by atoms with Gasteiger partial charge in [0.05, 0.1) is 16.3 Å². The Morgan fingerprint density at radius 1 is 1.26 bits per heavy atom. The Morgan fingerprint density at radius 2 is 1.84 bits per heavy atom. The lowest BCUT2D eigenvalue weighted by atomic mass is 10.0. The summed E-state index contributed by atoms with van der Waals surface area (Å²) in [6.45, 7) is 6.50. The fourth-order valence-corrected chi connectivity index (χ4v) is 2.82. The summed E-state index contributed by atoms with van der Waals surface area (Å²) in [5.41, 5.74) is 7.36. The third-order valence-electron chi connectivity index (χ3n) is 3.28. The fourth-order valence-electron chi connectivity index (χ4n) is 2.16. The molecule has 0 bridgehead atoms. The summed E-state index contributed by atoms with van der Waals surface area (Å²) >= 11 is 0. The van der Waals surface area contributed by atoms with Gasteiger partial charge in [-0.1, -0.05) is 13.8 Å². The number of anilines is 2. The highest BCUT2D eigenvalue weighted by atomic mass is 32.2. The molecule has 0 saturated heterocycles. The zero-order valence-electron chi connectivity index (χ0n) is 12.3. The van der Waals surface area contributed by atoms with Crippen molar-refractivity contribution in [3.05, 3.63) is 18.2 Å². The Kier molecular flexibility index (Phi) is 4.85. The maximum Gasteiger partial charge on any atom is 0.175 e. The summed E-state index contributed by atoms with van der Waals surface area (Å²) in [5, 5.41) is 0. The Labute approximate surface area is 116 Å². The molecule has 0 saturated carbocycles. The average molecular weight is 284 g/mol. The molecule has 0 fully saturated rings. The van der Waals surface area contributed by atoms with Crippen molar-refractivity contribution in [2.75, 3.05) is 23.9 Å². The number of hydrogen-bond acceptors (Lipinski definition) is 4. The molecule has 1 rings (SSSR count). The van der Waals surface area contributed by atoms with Crippen LogP contribution in [0.25, 0.3) is 0 Å². The number of nitrogens with two attached hydrogens (primary N) is 1. The van der Waals surface area contributed by atoms with E-state index in [2.05, 4.69) is 25.7 Å². The molecule has 0 aliphatic rings. The summed E-state index contributed by atoms with van der Waals surface area (Å²) < 4.78 is 23.0. The van der Waals surface area contributed by atoms with Crippen LogP contribution in [0.1, 0.15) is 27.2 Å². The van der Waals surface area contributed by atoms with E-state index in [0.29, 0.717) is 17.6 Å². The van der Waals surface area contributed by atoms with Gasteiger partial charge in [-0.05, 0) is 37.5 Å². The largest absolute Gasteiger partial charge is 0.397 e. The van der Waals surface area contributed by atoms with Crippen molar-refractivity contribution >= 4 is 21.2 Å². The number of nitrogens with zero attached hydrogens (tertiary/aromatic N) is 1. The van der Waals surface area contributed by atoms with Crippen LogP contribution in [-0.4, -0.2) is 27.8 Å². The number of nitrogen functional groups attached to an aromatic ring is 1. The molecule has 1 aromatic carbocycles. The second-order valence-corrected chi connectivity index (χ2v) is 7.60.